The van der Waals surface area contributed by atoms with E-state index in [0.717, 1.165) is 5.56 Å². The smallest absolute Gasteiger partial charge is 0.251 e. The highest BCUT2D eigenvalue weighted by Crippen LogP contribution is 2.12. The van der Waals surface area contributed by atoms with E-state index in [1.54, 1.807) is 20.2 Å². The molecule has 8 heteroatoms. The molecule has 0 aliphatic rings. The summed E-state index contributed by atoms with van der Waals surface area (Å²) in [5, 5.41) is 8.79. The van der Waals surface area contributed by atoms with Crippen LogP contribution in [0.15, 0.2) is 47.5 Å². The molecular weight excluding hydrogens is 477 g/mol. The first-order valence-corrected chi connectivity index (χ1v) is 8.73. The number of carbonyl (C=O) groups is 1. The molecule has 0 aliphatic carbocycles. The van der Waals surface area contributed by atoms with Crippen LogP contribution in [0.1, 0.15) is 21.5 Å². The van der Waals surface area contributed by atoms with Gasteiger partial charge in [0.05, 0.1) is 0 Å². The zero-order valence-electron chi connectivity index (χ0n) is 15.9. The van der Waals surface area contributed by atoms with Gasteiger partial charge in [0.25, 0.3) is 5.91 Å². The highest BCUT2D eigenvalue weighted by atomic mass is 127. The molecule has 2 aromatic rings. The molecule has 1 amide bonds. The maximum Gasteiger partial charge on any atom is 0.251 e. The molecular formula is C20H25F2IN4O. The van der Waals surface area contributed by atoms with E-state index < -0.39 is 11.6 Å². The normalized spacial score (nSPS) is 10.8. The van der Waals surface area contributed by atoms with E-state index in [0.29, 0.717) is 31.0 Å². The number of guanidine groups is 1. The monoisotopic (exact) mass is 502 g/mol. The van der Waals surface area contributed by atoms with Gasteiger partial charge in [-0.15, -0.1) is 24.0 Å². The van der Waals surface area contributed by atoms with Crippen molar-refractivity contribution in [1.29, 1.82) is 0 Å². The molecule has 2 rings (SSSR count). The largest absolute Gasteiger partial charge is 0.356 e. The summed E-state index contributed by atoms with van der Waals surface area (Å²) in [5.74, 6) is -0.664. The topological polar surface area (TPSA) is 65.5 Å². The fraction of sp³-hybridized carbons (Fsp3) is 0.300. The predicted octanol–water partition coefficient (Wildman–Crippen LogP) is 2.89. The van der Waals surface area contributed by atoms with Crippen LogP contribution in [-0.2, 0) is 12.8 Å². The summed E-state index contributed by atoms with van der Waals surface area (Å²) in [4.78, 5) is 15.8. The molecule has 2 aromatic carbocycles. The molecule has 0 saturated carbocycles. The molecule has 0 fully saturated rings. The Labute approximate surface area is 181 Å². The Kier molecular flexibility index (Phi) is 10.4. The molecule has 28 heavy (non-hydrogen) atoms. The van der Waals surface area contributed by atoms with E-state index in [1.165, 1.54) is 18.2 Å². The van der Waals surface area contributed by atoms with E-state index in [4.69, 9.17) is 0 Å². The molecule has 0 aliphatic heterocycles. The van der Waals surface area contributed by atoms with Gasteiger partial charge in [-0.25, -0.2) is 8.78 Å². The van der Waals surface area contributed by atoms with E-state index >= 15 is 0 Å². The summed E-state index contributed by atoms with van der Waals surface area (Å²) in [5.41, 5.74) is 1.70. The van der Waals surface area contributed by atoms with Gasteiger partial charge in [-0.3, -0.25) is 9.79 Å². The number of aliphatic imine (C=N–C) groups is 1. The molecule has 0 radical (unpaired) electrons. The zero-order valence-corrected chi connectivity index (χ0v) is 18.2. The van der Waals surface area contributed by atoms with Crippen LogP contribution in [0.3, 0.4) is 0 Å². The Hall–Kier alpha value is -2.23. The number of halogens is 3. The molecule has 0 atom stereocenters. The summed E-state index contributed by atoms with van der Waals surface area (Å²) in [7, 11) is 3.23. The van der Waals surface area contributed by atoms with E-state index in [1.807, 2.05) is 18.2 Å². The van der Waals surface area contributed by atoms with Crippen molar-refractivity contribution in [1.82, 2.24) is 16.0 Å². The van der Waals surface area contributed by atoms with Crippen LogP contribution < -0.4 is 16.0 Å². The Morgan fingerprint density at radius 1 is 1.00 bits per heavy atom. The Morgan fingerprint density at radius 3 is 2.21 bits per heavy atom. The van der Waals surface area contributed by atoms with Crippen molar-refractivity contribution >= 4 is 35.8 Å². The number of hydrogen-bond donors (Lipinski definition) is 3. The van der Waals surface area contributed by atoms with Crippen molar-refractivity contribution in [3.63, 3.8) is 0 Å². The molecule has 152 valence electrons. The quantitative estimate of drug-likeness (QED) is 0.310. The van der Waals surface area contributed by atoms with Gasteiger partial charge in [0.2, 0.25) is 0 Å². The van der Waals surface area contributed by atoms with Crippen molar-refractivity contribution in [2.24, 2.45) is 4.99 Å². The van der Waals surface area contributed by atoms with Crippen LogP contribution in [0.25, 0.3) is 0 Å². The van der Waals surface area contributed by atoms with Gasteiger partial charge in [0, 0.05) is 38.3 Å². The van der Waals surface area contributed by atoms with Crippen LogP contribution in [-0.4, -0.2) is 39.1 Å². The Morgan fingerprint density at radius 2 is 1.61 bits per heavy atom. The third-order valence-electron chi connectivity index (χ3n) is 4.08. The summed E-state index contributed by atoms with van der Waals surface area (Å²) in [6, 6.07) is 11.2. The highest BCUT2D eigenvalue weighted by molar-refractivity contribution is 14.0. The second-order valence-corrected chi connectivity index (χ2v) is 5.91. The van der Waals surface area contributed by atoms with E-state index in [-0.39, 0.29) is 41.9 Å². The van der Waals surface area contributed by atoms with Crippen molar-refractivity contribution in [3.05, 3.63) is 70.8 Å². The second kappa shape index (κ2) is 12.3. The summed E-state index contributed by atoms with van der Waals surface area (Å²) in [6.07, 6.45) is 0.918. The fourth-order valence-corrected chi connectivity index (χ4v) is 2.64. The Bertz CT molecular complexity index is 794. The maximum atomic E-state index is 13.6. The van der Waals surface area contributed by atoms with Gasteiger partial charge in [0.1, 0.15) is 11.6 Å². The number of hydrogen-bond acceptors (Lipinski definition) is 2. The summed E-state index contributed by atoms with van der Waals surface area (Å²) in [6.45, 7) is 0.953. The minimum Gasteiger partial charge on any atom is -0.356 e. The van der Waals surface area contributed by atoms with Crippen molar-refractivity contribution < 1.29 is 13.6 Å². The molecule has 5 nitrogen and oxygen atoms in total. The second-order valence-electron chi connectivity index (χ2n) is 5.91. The predicted molar refractivity (Wildman–Crippen MR) is 118 cm³/mol. The van der Waals surface area contributed by atoms with Gasteiger partial charge >= 0.3 is 0 Å². The molecule has 0 unspecified atom stereocenters. The lowest BCUT2D eigenvalue weighted by atomic mass is 10.1. The first kappa shape index (κ1) is 23.8. The van der Waals surface area contributed by atoms with Gasteiger partial charge < -0.3 is 16.0 Å². The van der Waals surface area contributed by atoms with Crippen molar-refractivity contribution in [2.45, 2.75) is 12.8 Å². The van der Waals surface area contributed by atoms with Crippen LogP contribution >= 0.6 is 24.0 Å². The van der Waals surface area contributed by atoms with Crippen LogP contribution in [0.2, 0.25) is 0 Å². The molecule has 0 spiro atoms. The first-order valence-electron chi connectivity index (χ1n) is 8.73. The van der Waals surface area contributed by atoms with E-state index in [9.17, 15) is 13.6 Å². The van der Waals surface area contributed by atoms with Crippen molar-refractivity contribution in [2.75, 3.05) is 27.2 Å². The standard InChI is InChI=1S/C20H24F2N4O.HI/c1-23-19(27)15-6-3-5-14(13-15)9-11-25-20(24-2)26-12-10-16-17(21)7-4-8-18(16)22;/h3-8,13H,9-12H2,1-2H3,(H,23,27)(H2,24,25,26);1H. The minimum absolute atomic E-state index is 0. The summed E-state index contributed by atoms with van der Waals surface area (Å²) < 4.78 is 27.2. The zero-order chi connectivity index (χ0) is 19.6. The molecule has 3 N–H and O–H groups in total. The number of amides is 1. The summed E-state index contributed by atoms with van der Waals surface area (Å²) >= 11 is 0. The average Bonchev–Trinajstić information content (AvgIpc) is 2.68. The third kappa shape index (κ3) is 7.06. The average molecular weight is 502 g/mol. The Balaban J connectivity index is 0.00000392. The van der Waals surface area contributed by atoms with Crippen LogP contribution in [0, 0.1) is 11.6 Å². The lowest BCUT2D eigenvalue weighted by Crippen LogP contribution is -2.39. The molecule has 0 aromatic heterocycles. The molecule has 0 saturated heterocycles. The first-order chi connectivity index (χ1) is 13.0. The van der Waals surface area contributed by atoms with Gasteiger partial charge in [0.15, 0.2) is 5.96 Å². The maximum absolute atomic E-state index is 13.6. The van der Waals surface area contributed by atoms with Crippen LogP contribution in [0.5, 0.6) is 0 Å². The van der Waals surface area contributed by atoms with Crippen LogP contribution in [0.4, 0.5) is 8.78 Å². The number of carbonyl (C=O) groups excluding carboxylic acids is 1. The highest BCUT2D eigenvalue weighted by Gasteiger charge is 2.08. The molecule has 0 heterocycles. The van der Waals surface area contributed by atoms with Gasteiger partial charge in [-0.2, -0.15) is 0 Å². The third-order valence-corrected chi connectivity index (χ3v) is 4.08. The minimum atomic E-state index is -0.546. The molecule has 0 bridgehead atoms. The number of nitrogens with one attached hydrogen (secondary N) is 3. The lowest BCUT2D eigenvalue weighted by molar-refractivity contribution is 0.0963. The fourth-order valence-electron chi connectivity index (χ4n) is 2.64. The van der Waals surface area contributed by atoms with Gasteiger partial charge in [-0.1, -0.05) is 18.2 Å². The van der Waals surface area contributed by atoms with Crippen molar-refractivity contribution in [3.8, 4) is 0 Å². The number of nitrogens with zero attached hydrogens (tertiary/aromatic N) is 1. The van der Waals surface area contributed by atoms with E-state index in [2.05, 4.69) is 20.9 Å². The SMILES string of the molecule is CN=C(NCCc1cccc(C(=O)NC)c1)NCCc1c(F)cccc1F.I. The number of benzene rings is 2. The van der Waals surface area contributed by atoms with Gasteiger partial charge in [-0.05, 0) is 42.7 Å². The number of rotatable bonds is 7. The lowest BCUT2D eigenvalue weighted by Gasteiger charge is -2.12.